The smallest absolute Gasteiger partial charge is 0.251 e. The van der Waals surface area contributed by atoms with E-state index in [-0.39, 0.29) is 17.1 Å². The lowest BCUT2D eigenvalue weighted by Gasteiger charge is -2.17. The van der Waals surface area contributed by atoms with Crippen LogP contribution in [0.1, 0.15) is 33.4 Å². The third-order valence-corrected chi connectivity index (χ3v) is 5.76. The largest absolute Gasteiger partial charge is 0.394 e. The molecular weight excluding hydrogens is 402 g/mol. The number of carbonyl (C=O) groups excluding carboxylic acids is 1. The maximum atomic E-state index is 12.9. The first-order chi connectivity index (χ1) is 14.2. The summed E-state index contributed by atoms with van der Waals surface area (Å²) in [6.07, 6.45) is 4.17. The van der Waals surface area contributed by atoms with E-state index >= 15 is 0 Å². The van der Waals surface area contributed by atoms with Gasteiger partial charge in [-0.15, -0.1) is 0 Å². The normalized spacial score (nSPS) is 12.4. The van der Waals surface area contributed by atoms with Crippen molar-refractivity contribution in [2.45, 2.75) is 24.8 Å². The Balaban J connectivity index is 1.98. The van der Waals surface area contributed by atoms with Crippen molar-refractivity contribution >= 4 is 15.7 Å². The molecular formula is C22H23N3O4S. The number of aryl methyl sites for hydroxylation is 2. The molecule has 1 amide bonds. The molecule has 0 saturated carbocycles. The molecule has 2 aromatic carbocycles. The highest BCUT2D eigenvalue weighted by Crippen LogP contribution is 2.26. The van der Waals surface area contributed by atoms with Crippen molar-refractivity contribution in [1.82, 2.24) is 15.3 Å². The highest BCUT2D eigenvalue weighted by Gasteiger charge is 2.19. The van der Waals surface area contributed by atoms with Crippen LogP contribution >= 0.6 is 0 Å². The number of aliphatic hydroxyl groups is 1. The molecule has 0 bridgehead atoms. The molecule has 1 atom stereocenters. The van der Waals surface area contributed by atoms with Crippen molar-refractivity contribution in [1.29, 1.82) is 0 Å². The topological polar surface area (TPSA) is 109 Å². The first-order valence-electron chi connectivity index (χ1n) is 9.30. The number of carbonyl (C=O) groups is 1. The Bertz CT molecular complexity index is 1160. The standard InChI is InChI=1S/C22H23N3O4S/c1-14-4-6-16(7-5-14)17-8-18(10-20(9-17)30(3,28)29)22(27)25-21(13-26)19-11-23-15(2)24-12-19/h4-12,21,26H,13H2,1-3H3,(H,25,27). The molecule has 0 saturated heterocycles. The Labute approximate surface area is 175 Å². The molecule has 1 unspecified atom stereocenters. The van der Waals surface area contributed by atoms with Crippen LogP contribution in [0.3, 0.4) is 0 Å². The molecule has 1 heterocycles. The van der Waals surface area contributed by atoms with Crippen LogP contribution in [0, 0.1) is 13.8 Å². The van der Waals surface area contributed by atoms with E-state index in [1.165, 1.54) is 18.5 Å². The van der Waals surface area contributed by atoms with Gasteiger partial charge in [-0.25, -0.2) is 18.4 Å². The van der Waals surface area contributed by atoms with Crippen LogP contribution in [-0.4, -0.2) is 42.3 Å². The van der Waals surface area contributed by atoms with E-state index in [9.17, 15) is 18.3 Å². The summed E-state index contributed by atoms with van der Waals surface area (Å²) in [6, 6.07) is 11.4. The second-order valence-corrected chi connectivity index (χ2v) is 9.17. The summed E-state index contributed by atoms with van der Waals surface area (Å²) in [5.74, 6) is 0.0684. The van der Waals surface area contributed by atoms with E-state index in [0.717, 1.165) is 17.4 Å². The zero-order valence-electron chi connectivity index (χ0n) is 17.0. The third kappa shape index (κ3) is 5.08. The first kappa shape index (κ1) is 21.6. The van der Waals surface area contributed by atoms with Gasteiger partial charge >= 0.3 is 0 Å². The van der Waals surface area contributed by atoms with Crippen LogP contribution in [0.2, 0.25) is 0 Å². The Morgan fingerprint density at radius 3 is 2.23 bits per heavy atom. The summed E-state index contributed by atoms with van der Waals surface area (Å²) in [6.45, 7) is 3.34. The number of aliphatic hydroxyl groups excluding tert-OH is 1. The van der Waals surface area contributed by atoms with Crippen molar-refractivity contribution in [3.63, 3.8) is 0 Å². The van der Waals surface area contributed by atoms with Crippen LogP contribution in [0.15, 0.2) is 59.8 Å². The Kier molecular flexibility index (Phi) is 6.28. The average Bonchev–Trinajstić information content (AvgIpc) is 2.72. The van der Waals surface area contributed by atoms with Crippen LogP contribution in [-0.2, 0) is 9.84 Å². The van der Waals surface area contributed by atoms with Gasteiger partial charge in [-0.3, -0.25) is 4.79 Å². The molecule has 0 aliphatic heterocycles. The van der Waals surface area contributed by atoms with Crippen molar-refractivity contribution in [3.05, 3.63) is 77.4 Å². The van der Waals surface area contributed by atoms with E-state index in [4.69, 9.17) is 0 Å². The molecule has 8 heteroatoms. The van der Waals surface area contributed by atoms with Crippen molar-refractivity contribution in [2.24, 2.45) is 0 Å². The molecule has 0 aliphatic rings. The monoisotopic (exact) mass is 425 g/mol. The maximum Gasteiger partial charge on any atom is 0.251 e. The van der Waals surface area contributed by atoms with Gasteiger partial charge < -0.3 is 10.4 Å². The predicted molar refractivity (Wildman–Crippen MR) is 114 cm³/mol. The van der Waals surface area contributed by atoms with E-state index < -0.39 is 21.8 Å². The zero-order valence-corrected chi connectivity index (χ0v) is 17.8. The number of amides is 1. The maximum absolute atomic E-state index is 12.9. The van der Waals surface area contributed by atoms with Crippen LogP contribution in [0.5, 0.6) is 0 Å². The van der Waals surface area contributed by atoms with Crippen molar-refractivity contribution in [2.75, 3.05) is 12.9 Å². The third-order valence-electron chi connectivity index (χ3n) is 4.67. The highest BCUT2D eigenvalue weighted by molar-refractivity contribution is 7.90. The molecule has 3 aromatic rings. The number of nitrogens with zero attached hydrogens (tertiary/aromatic N) is 2. The molecule has 0 spiro atoms. The lowest BCUT2D eigenvalue weighted by molar-refractivity contribution is 0.0916. The number of rotatable bonds is 6. The molecule has 1 aromatic heterocycles. The van der Waals surface area contributed by atoms with Crippen molar-refractivity contribution < 1.29 is 18.3 Å². The lowest BCUT2D eigenvalue weighted by Crippen LogP contribution is -2.31. The fourth-order valence-electron chi connectivity index (χ4n) is 2.92. The summed E-state index contributed by atoms with van der Waals surface area (Å²) >= 11 is 0. The first-order valence-corrected chi connectivity index (χ1v) is 11.2. The van der Waals surface area contributed by atoms with Gasteiger partial charge in [0.05, 0.1) is 17.5 Å². The lowest BCUT2D eigenvalue weighted by atomic mass is 10.0. The van der Waals surface area contributed by atoms with Gasteiger partial charge in [-0.1, -0.05) is 29.8 Å². The number of sulfone groups is 1. The summed E-state index contributed by atoms with van der Waals surface area (Å²) in [4.78, 5) is 21.1. The number of benzene rings is 2. The molecule has 2 N–H and O–H groups in total. The van der Waals surface area contributed by atoms with Crippen LogP contribution in [0.25, 0.3) is 11.1 Å². The van der Waals surface area contributed by atoms with Crippen molar-refractivity contribution in [3.8, 4) is 11.1 Å². The second kappa shape index (κ2) is 8.73. The van der Waals surface area contributed by atoms with E-state index in [2.05, 4.69) is 15.3 Å². The Hall–Kier alpha value is -3.10. The van der Waals surface area contributed by atoms with E-state index in [0.29, 0.717) is 17.0 Å². The molecule has 3 rings (SSSR count). The molecule has 156 valence electrons. The fourth-order valence-corrected chi connectivity index (χ4v) is 3.60. The van der Waals surface area contributed by atoms with Crippen LogP contribution < -0.4 is 5.32 Å². The second-order valence-electron chi connectivity index (χ2n) is 7.16. The highest BCUT2D eigenvalue weighted by atomic mass is 32.2. The SMILES string of the molecule is Cc1ccc(-c2cc(C(=O)NC(CO)c3cnc(C)nc3)cc(S(C)(=O)=O)c2)cc1. The van der Waals surface area contributed by atoms with Gasteiger partial charge in [0.25, 0.3) is 5.91 Å². The van der Waals surface area contributed by atoms with Gasteiger partial charge in [-0.05, 0) is 43.2 Å². The van der Waals surface area contributed by atoms with Gasteiger partial charge in [0.2, 0.25) is 0 Å². The Morgan fingerprint density at radius 1 is 1.03 bits per heavy atom. The zero-order chi connectivity index (χ0) is 21.9. The molecule has 7 nitrogen and oxygen atoms in total. The minimum atomic E-state index is -3.54. The summed E-state index contributed by atoms with van der Waals surface area (Å²) < 4.78 is 24.4. The molecule has 0 aliphatic carbocycles. The predicted octanol–water partition coefficient (Wildman–Crippen LogP) is 2.63. The number of aromatic nitrogens is 2. The van der Waals surface area contributed by atoms with E-state index in [1.807, 2.05) is 31.2 Å². The summed E-state index contributed by atoms with van der Waals surface area (Å²) in [5.41, 5.74) is 3.21. The molecule has 0 radical (unpaired) electrons. The van der Waals surface area contributed by atoms with Gasteiger partial charge in [0.15, 0.2) is 9.84 Å². The molecule has 0 fully saturated rings. The van der Waals surface area contributed by atoms with Gasteiger partial charge in [0.1, 0.15) is 5.82 Å². The fraction of sp³-hybridized carbons (Fsp3) is 0.227. The summed E-state index contributed by atoms with van der Waals surface area (Å²) in [7, 11) is -3.54. The van der Waals surface area contributed by atoms with Gasteiger partial charge in [0, 0.05) is 29.8 Å². The quantitative estimate of drug-likeness (QED) is 0.628. The van der Waals surface area contributed by atoms with Crippen LogP contribution in [0.4, 0.5) is 0 Å². The Morgan fingerprint density at radius 2 is 1.67 bits per heavy atom. The summed E-state index contributed by atoms with van der Waals surface area (Å²) in [5, 5.41) is 12.4. The minimum Gasteiger partial charge on any atom is -0.394 e. The minimum absolute atomic E-state index is 0.0462. The number of hydrogen-bond acceptors (Lipinski definition) is 6. The van der Waals surface area contributed by atoms with Gasteiger partial charge in [-0.2, -0.15) is 0 Å². The average molecular weight is 426 g/mol. The number of nitrogens with one attached hydrogen (secondary N) is 1. The molecule has 30 heavy (non-hydrogen) atoms. The number of hydrogen-bond donors (Lipinski definition) is 2. The van der Waals surface area contributed by atoms with E-state index in [1.54, 1.807) is 19.1 Å².